The minimum absolute atomic E-state index is 0.348. The maximum absolute atomic E-state index is 11.6. The van der Waals surface area contributed by atoms with Gasteiger partial charge in [-0.3, -0.25) is 0 Å². The van der Waals surface area contributed by atoms with Gasteiger partial charge in [0.15, 0.2) is 0 Å². The van der Waals surface area contributed by atoms with E-state index in [4.69, 9.17) is 4.74 Å². The van der Waals surface area contributed by atoms with Crippen molar-refractivity contribution in [3.63, 3.8) is 0 Å². The van der Waals surface area contributed by atoms with Crippen molar-refractivity contribution in [3.05, 3.63) is 60.9 Å². The highest BCUT2D eigenvalue weighted by molar-refractivity contribution is 5.92. The Hall–Kier alpha value is -1.83. The van der Waals surface area contributed by atoms with Crippen LogP contribution in [0.25, 0.3) is 0 Å². The van der Waals surface area contributed by atoms with Crippen LogP contribution in [-0.4, -0.2) is 5.97 Å². The summed E-state index contributed by atoms with van der Waals surface area (Å²) in [4.78, 5) is 11.6. The molecule has 0 spiro atoms. The molecular formula is C13H14O2. The summed E-state index contributed by atoms with van der Waals surface area (Å²) < 4.78 is 5.09. The van der Waals surface area contributed by atoms with Crippen LogP contribution in [0, 0.1) is 0 Å². The predicted molar refractivity (Wildman–Crippen MR) is 61.0 cm³/mol. The second-order valence-corrected chi connectivity index (χ2v) is 3.04. The Morgan fingerprint density at radius 3 is 2.73 bits per heavy atom. The molecule has 0 radical (unpaired) electrons. The summed E-state index contributed by atoms with van der Waals surface area (Å²) in [6.45, 7) is 7.07. The molecule has 0 amide bonds. The van der Waals surface area contributed by atoms with Crippen LogP contribution in [0.1, 0.15) is 12.8 Å². The molecule has 0 fully saturated rings. The first kappa shape index (κ1) is 11.2. The van der Waals surface area contributed by atoms with Crippen molar-refractivity contribution in [1.29, 1.82) is 0 Å². The van der Waals surface area contributed by atoms with Crippen LogP contribution >= 0.6 is 0 Å². The van der Waals surface area contributed by atoms with E-state index in [1.54, 1.807) is 18.2 Å². The average molecular weight is 202 g/mol. The summed E-state index contributed by atoms with van der Waals surface area (Å²) in [6.07, 6.45) is 12.1. The fourth-order valence-corrected chi connectivity index (χ4v) is 1.19. The maximum atomic E-state index is 11.6. The number of rotatable bonds is 4. The van der Waals surface area contributed by atoms with Crippen molar-refractivity contribution in [3.8, 4) is 0 Å². The molecule has 0 atom stereocenters. The van der Waals surface area contributed by atoms with Gasteiger partial charge in [0, 0.05) is 0 Å². The monoisotopic (exact) mass is 202 g/mol. The quantitative estimate of drug-likeness (QED) is 0.398. The standard InChI is InChI=1S/C13H14O2/c1-3-8-12(4-2)15-13(14)11-9-6-5-7-10-11/h3-4,6,8-10H,1-2,5,7H2/b12-8+. The van der Waals surface area contributed by atoms with Gasteiger partial charge in [-0.25, -0.2) is 4.79 Å². The van der Waals surface area contributed by atoms with Crippen molar-refractivity contribution in [2.45, 2.75) is 12.8 Å². The minimum atomic E-state index is -0.348. The number of hydrogen-bond donors (Lipinski definition) is 0. The number of hydrogen-bond acceptors (Lipinski definition) is 2. The van der Waals surface area contributed by atoms with Gasteiger partial charge in [-0.1, -0.05) is 37.5 Å². The molecule has 0 aromatic rings. The maximum Gasteiger partial charge on any atom is 0.343 e. The number of esters is 1. The average Bonchev–Trinajstić information content (AvgIpc) is 2.29. The van der Waals surface area contributed by atoms with Gasteiger partial charge in [0.25, 0.3) is 0 Å². The zero-order valence-electron chi connectivity index (χ0n) is 8.61. The van der Waals surface area contributed by atoms with Crippen molar-refractivity contribution in [1.82, 2.24) is 0 Å². The van der Waals surface area contributed by atoms with Gasteiger partial charge in [-0.05, 0) is 25.0 Å². The number of ether oxygens (including phenoxy) is 1. The van der Waals surface area contributed by atoms with Gasteiger partial charge < -0.3 is 4.74 Å². The third-order valence-corrected chi connectivity index (χ3v) is 1.92. The number of carbonyl (C=O) groups is 1. The molecule has 1 rings (SSSR count). The molecule has 0 heterocycles. The molecular weight excluding hydrogens is 188 g/mol. The SMILES string of the molecule is C=C/C=C(\C=C)OC(=O)C1=CCCC=C1. The first-order valence-corrected chi connectivity index (χ1v) is 4.82. The van der Waals surface area contributed by atoms with Gasteiger partial charge in [0.2, 0.25) is 0 Å². The second kappa shape index (κ2) is 5.81. The van der Waals surface area contributed by atoms with E-state index in [9.17, 15) is 4.79 Å². The summed E-state index contributed by atoms with van der Waals surface area (Å²) >= 11 is 0. The Bertz CT molecular complexity index is 357. The fraction of sp³-hybridized carbons (Fsp3) is 0.154. The summed E-state index contributed by atoms with van der Waals surface area (Å²) in [6, 6.07) is 0. The zero-order valence-corrected chi connectivity index (χ0v) is 8.61. The summed E-state index contributed by atoms with van der Waals surface area (Å²) in [7, 11) is 0. The largest absolute Gasteiger partial charge is 0.423 e. The highest BCUT2D eigenvalue weighted by atomic mass is 16.5. The van der Waals surface area contributed by atoms with Gasteiger partial charge >= 0.3 is 5.97 Å². The van der Waals surface area contributed by atoms with Gasteiger partial charge in [-0.2, -0.15) is 0 Å². The fourth-order valence-electron chi connectivity index (χ4n) is 1.19. The van der Waals surface area contributed by atoms with Crippen LogP contribution in [0.2, 0.25) is 0 Å². The lowest BCUT2D eigenvalue weighted by molar-refractivity contribution is -0.134. The molecule has 78 valence electrons. The van der Waals surface area contributed by atoms with E-state index in [1.807, 2.05) is 12.2 Å². The number of allylic oxidation sites excluding steroid dienone is 5. The van der Waals surface area contributed by atoms with Crippen LogP contribution in [0.3, 0.4) is 0 Å². The molecule has 1 aliphatic rings. The van der Waals surface area contributed by atoms with E-state index >= 15 is 0 Å². The van der Waals surface area contributed by atoms with E-state index in [-0.39, 0.29) is 5.97 Å². The first-order chi connectivity index (χ1) is 7.27. The van der Waals surface area contributed by atoms with Crippen molar-refractivity contribution in [2.75, 3.05) is 0 Å². The summed E-state index contributed by atoms with van der Waals surface area (Å²) in [5, 5.41) is 0. The Balaban J connectivity index is 2.65. The first-order valence-electron chi connectivity index (χ1n) is 4.82. The molecule has 0 bridgehead atoms. The highest BCUT2D eigenvalue weighted by Gasteiger charge is 2.10. The van der Waals surface area contributed by atoms with E-state index < -0.39 is 0 Å². The minimum Gasteiger partial charge on any atom is -0.423 e. The molecule has 0 aromatic carbocycles. The van der Waals surface area contributed by atoms with Crippen molar-refractivity contribution >= 4 is 5.97 Å². The van der Waals surface area contributed by atoms with Crippen LogP contribution in [-0.2, 0) is 9.53 Å². The second-order valence-electron chi connectivity index (χ2n) is 3.04. The molecule has 0 aliphatic heterocycles. The molecule has 2 heteroatoms. The van der Waals surface area contributed by atoms with Gasteiger partial charge in [0.05, 0.1) is 5.57 Å². The highest BCUT2D eigenvalue weighted by Crippen LogP contribution is 2.13. The predicted octanol–water partition coefficient (Wildman–Crippen LogP) is 3.06. The zero-order chi connectivity index (χ0) is 11.1. The Morgan fingerprint density at radius 2 is 2.20 bits per heavy atom. The van der Waals surface area contributed by atoms with E-state index in [0.29, 0.717) is 11.3 Å². The molecule has 0 N–H and O–H groups in total. The van der Waals surface area contributed by atoms with E-state index in [1.165, 1.54) is 6.08 Å². The Labute approximate surface area is 89.9 Å². The topological polar surface area (TPSA) is 26.3 Å². The lowest BCUT2D eigenvalue weighted by atomic mass is 10.1. The molecule has 0 saturated heterocycles. The van der Waals surface area contributed by atoms with Gasteiger partial charge in [0.1, 0.15) is 5.76 Å². The summed E-state index contributed by atoms with van der Waals surface area (Å²) in [5.41, 5.74) is 0.595. The van der Waals surface area contributed by atoms with Crippen LogP contribution in [0.15, 0.2) is 60.9 Å². The Kier molecular flexibility index (Phi) is 4.35. The van der Waals surface area contributed by atoms with Crippen LogP contribution in [0.4, 0.5) is 0 Å². The lowest BCUT2D eigenvalue weighted by Crippen LogP contribution is -2.06. The van der Waals surface area contributed by atoms with Crippen LogP contribution < -0.4 is 0 Å². The number of carbonyl (C=O) groups excluding carboxylic acids is 1. The van der Waals surface area contributed by atoms with E-state index in [0.717, 1.165) is 12.8 Å². The van der Waals surface area contributed by atoms with E-state index in [2.05, 4.69) is 13.2 Å². The Morgan fingerprint density at radius 1 is 1.40 bits per heavy atom. The molecule has 2 nitrogen and oxygen atoms in total. The molecule has 0 aromatic heterocycles. The normalized spacial score (nSPS) is 15.5. The van der Waals surface area contributed by atoms with Crippen molar-refractivity contribution in [2.24, 2.45) is 0 Å². The van der Waals surface area contributed by atoms with Crippen LogP contribution in [0.5, 0.6) is 0 Å². The molecule has 1 aliphatic carbocycles. The summed E-state index contributed by atoms with van der Waals surface area (Å²) in [5.74, 6) is 0.0637. The lowest BCUT2D eigenvalue weighted by Gasteiger charge is -2.07. The smallest absolute Gasteiger partial charge is 0.343 e. The van der Waals surface area contributed by atoms with Crippen molar-refractivity contribution < 1.29 is 9.53 Å². The molecule has 15 heavy (non-hydrogen) atoms. The molecule has 0 saturated carbocycles. The third kappa shape index (κ3) is 3.43. The molecule has 0 unspecified atom stereocenters. The van der Waals surface area contributed by atoms with Gasteiger partial charge in [-0.15, -0.1) is 0 Å². The third-order valence-electron chi connectivity index (χ3n) is 1.92.